The molecule has 2 rings (SSSR count). The molecule has 1 atom stereocenters. The lowest BCUT2D eigenvalue weighted by Gasteiger charge is -2.14. The number of amides is 1. The van der Waals surface area contributed by atoms with Gasteiger partial charge in [-0.15, -0.1) is 0 Å². The van der Waals surface area contributed by atoms with E-state index < -0.39 is 5.91 Å². The highest BCUT2D eigenvalue weighted by atomic mass is 35.5. The zero-order valence-electron chi connectivity index (χ0n) is 16.8. The number of methoxy groups -OCH3 is 1. The number of rotatable bonds is 9. The Labute approximate surface area is 174 Å². The Morgan fingerprint density at radius 1 is 1.41 bits per heavy atom. The van der Waals surface area contributed by atoms with Crippen LogP contribution in [-0.4, -0.2) is 54.5 Å². The number of aromatic nitrogens is 2. The number of hydrogen-bond donors (Lipinski definition) is 1. The van der Waals surface area contributed by atoms with E-state index in [-0.39, 0.29) is 11.6 Å². The van der Waals surface area contributed by atoms with Gasteiger partial charge in [-0.2, -0.15) is 10.2 Å². The minimum Gasteiger partial charge on any atom is -0.383 e. The van der Waals surface area contributed by atoms with Gasteiger partial charge in [-0.05, 0) is 25.1 Å². The first-order valence-corrected chi connectivity index (χ1v) is 9.25. The molecule has 0 saturated heterocycles. The van der Waals surface area contributed by atoms with Crippen LogP contribution in [0.15, 0.2) is 53.4 Å². The highest BCUT2D eigenvalue weighted by Crippen LogP contribution is 2.15. The molecule has 1 heterocycles. The lowest BCUT2D eigenvalue weighted by molar-refractivity contribution is -0.120. The van der Waals surface area contributed by atoms with E-state index in [9.17, 15) is 9.59 Å². The molecule has 0 aliphatic carbocycles. The van der Waals surface area contributed by atoms with Gasteiger partial charge in [-0.3, -0.25) is 19.3 Å². The van der Waals surface area contributed by atoms with Gasteiger partial charge in [0, 0.05) is 44.0 Å². The van der Waals surface area contributed by atoms with Crippen molar-refractivity contribution in [2.45, 2.75) is 13.0 Å². The zero-order chi connectivity index (χ0) is 21.4. The molecule has 1 aromatic carbocycles. The number of carbonyl (C=O) groups excluding carboxylic acids is 2. The SMILES string of the molecule is COCC(C)NC(=O)/C(C=O)=C/C(=N\N(C)c1cnn(C)c1)c1ccc(Cl)cc1. The third kappa shape index (κ3) is 6.55. The summed E-state index contributed by atoms with van der Waals surface area (Å²) < 4.78 is 6.66. The molecule has 1 aromatic heterocycles. The van der Waals surface area contributed by atoms with Crippen LogP contribution in [0.3, 0.4) is 0 Å². The normalized spacial score (nSPS) is 13.1. The van der Waals surface area contributed by atoms with Crippen molar-refractivity contribution in [2.24, 2.45) is 12.1 Å². The maximum absolute atomic E-state index is 12.5. The van der Waals surface area contributed by atoms with E-state index in [0.29, 0.717) is 29.2 Å². The first-order valence-electron chi connectivity index (χ1n) is 8.87. The van der Waals surface area contributed by atoms with Gasteiger partial charge >= 0.3 is 0 Å². The molecule has 0 bridgehead atoms. The fourth-order valence-electron chi connectivity index (χ4n) is 2.48. The van der Waals surface area contributed by atoms with Crippen LogP contribution in [0.1, 0.15) is 12.5 Å². The molecule has 1 amide bonds. The first-order chi connectivity index (χ1) is 13.8. The average molecular weight is 418 g/mol. The third-order valence-corrected chi connectivity index (χ3v) is 4.19. The summed E-state index contributed by atoms with van der Waals surface area (Å²) in [7, 11) is 5.10. The van der Waals surface area contributed by atoms with Gasteiger partial charge in [0.25, 0.3) is 5.91 Å². The number of nitrogens with zero attached hydrogens (tertiary/aromatic N) is 4. The molecule has 1 N–H and O–H groups in total. The number of aryl methyl sites for hydroxylation is 1. The Kier molecular flexibility index (Phi) is 8.11. The second-order valence-corrected chi connectivity index (χ2v) is 6.87. The van der Waals surface area contributed by atoms with Crippen LogP contribution < -0.4 is 10.3 Å². The van der Waals surface area contributed by atoms with Crippen LogP contribution in [0.5, 0.6) is 0 Å². The van der Waals surface area contributed by atoms with E-state index in [1.54, 1.807) is 74.5 Å². The fraction of sp³-hybridized carbons (Fsp3) is 0.300. The quantitative estimate of drug-likeness (QED) is 0.169. The number of carbonyl (C=O) groups is 2. The summed E-state index contributed by atoms with van der Waals surface area (Å²) >= 11 is 5.98. The summed E-state index contributed by atoms with van der Waals surface area (Å²) in [5, 5.41) is 13.6. The summed E-state index contributed by atoms with van der Waals surface area (Å²) in [6.07, 6.45) is 5.40. The van der Waals surface area contributed by atoms with Gasteiger partial charge in [0.2, 0.25) is 0 Å². The van der Waals surface area contributed by atoms with Crippen LogP contribution in [0, 0.1) is 0 Å². The number of benzene rings is 1. The lowest BCUT2D eigenvalue weighted by atomic mass is 10.1. The standard InChI is InChI=1S/C20H24ClN5O3/c1-14(13-29-4)23-20(28)16(12-27)9-19(15-5-7-17(21)8-6-15)24-26(3)18-10-22-25(2)11-18/h5-12,14H,13H2,1-4H3,(H,23,28)/b16-9+,24-19+. The van der Waals surface area contributed by atoms with E-state index in [4.69, 9.17) is 16.3 Å². The molecule has 0 radical (unpaired) electrons. The second-order valence-electron chi connectivity index (χ2n) is 6.44. The number of halogens is 1. The Bertz CT molecular complexity index is 905. The van der Waals surface area contributed by atoms with E-state index in [2.05, 4.69) is 15.5 Å². The number of allylic oxidation sites excluding steroid dienone is 1. The molecule has 0 fully saturated rings. The van der Waals surface area contributed by atoms with E-state index in [0.717, 1.165) is 5.69 Å². The number of aldehydes is 1. The molecule has 154 valence electrons. The highest BCUT2D eigenvalue weighted by molar-refractivity contribution is 6.30. The Morgan fingerprint density at radius 3 is 2.66 bits per heavy atom. The topological polar surface area (TPSA) is 88.8 Å². The molecule has 0 aliphatic heterocycles. The number of nitrogens with one attached hydrogen (secondary N) is 1. The van der Waals surface area contributed by atoms with Crippen molar-refractivity contribution < 1.29 is 14.3 Å². The van der Waals surface area contributed by atoms with Crippen molar-refractivity contribution in [3.63, 3.8) is 0 Å². The van der Waals surface area contributed by atoms with Gasteiger partial charge in [0.15, 0.2) is 6.29 Å². The van der Waals surface area contributed by atoms with Crippen LogP contribution >= 0.6 is 11.6 Å². The minimum atomic E-state index is -0.504. The van der Waals surface area contributed by atoms with Crippen molar-refractivity contribution in [1.29, 1.82) is 0 Å². The van der Waals surface area contributed by atoms with Crippen molar-refractivity contribution in [2.75, 3.05) is 25.8 Å². The molecule has 9 heteroatoms. The molecule has 2 aromatic rings. The first kappa shape index (κ1) is 22.3. The Balaban J connectivity index is 2.41. The predicted molar refractivity (Wildman–Crippen MR) is 113 cm³/mol. The molecule has 1 unspecified atom stereocenters. The van der Waals surface area contributed by atoms with Crippen LogP contribution in [-0.2, 0) is 21.4 Å². The molecule has 0 saturated carbocycles. The van der Waals surface area contributed by atoms with Crippen molar-refractivity contribution in [3.05, 3.63) is 58.9 Å². The van der Waals surface area contributed by atoms with E-state index in [1.165, 1.54) is 6.08 Å². The predicted octanol–water partition coefficient (Wildman–Crippen LogP) is 2.19. The van der Waals surface area contributed by atoms with Crippen molar-refractivity contribution in [1.82, 2.24) is 15.1 Å². The molecular formula is C20H24ClN5O3. The third-order valence-electron chi connectivity index (χ3n) is 3.94. The highest BCUT2D eigenvalue weighted by Gasteiger charge is 2.15. The number of anilines is 1. The number of ether oxygens (including phenoxy) is 1. The van der Waals surface area contributed by atoms with E-state index in [1.807, 2.05) is 0 Å². The van der Waals surface area contributed by atoms with Gasteiger partial charge in [-0.1, -0.05) is 23.7 Å². The van der Waals surface area contributed by atoms with Crippen molar-refractivity contribution in [3.8, 4) is 0 Å². The molecular weight excluding hydrogens is 394 g/mol. The smallest absolute Gasteiger partial charge is 0.254 e. The van der Waals surface area contributed by atoms with Gasteiger partial charge in [0.1, 0.15) is 0 Å². The minimum absolute atomic E-state index is 0.0544. The monoisotopic (exact) mass is 417 g/mol. The maximum Gasteiger partial charge on any atom is 0.254 e. The van der Waals surface area contributed by atoms with Gasteiger partial charge in [0.05, 0.1) is 29.8 Å². The Hall–Kier alpha value is -2.97. The zero-order valence-corrected chi connectivity index (χ0v) is 17.6. The van der Waals surface area contributed by atoms with Gasteiger partial charge in [-0.25, -0.2) is 0 Å². The average Bonchev–Trinajstić information content (AvgIpc) is 3.12. The second kappa shape index (κ2) is 10.5. The summed E-state index contributed by atoms with van der Waals surface area (Å²) in [6, 6.07) is 6.72. The number of hydrogen-bond acceptors (Lipinski definition) is 6. The molecule has 0 spiro atoms. The molecule has 29 heavy (non-hydrogen) atoms. The summed E-state index contributed by atoms with van der Waals surface area (Å²) in [5.41, 5.74) is 1.81. The van der Waals surface area contributed by atoms with Crippen molar-refractivity contribution >= 4 is 35.2 Å². The Morgan fingerprint density at radius 2 is 2.10 bits per heavy atom. The number of hydrazone groups is 1. The lowest BCUT2D eigenvalue weighted by Crippen LogP contribution is -2.37. The van der Waals surface area contributed by atoms with Crippen LogP contribution in [0.2, 0.25) is 5.02 Å². The summed E-state index contributed by atoms with van der Waals surface area (Å²) in [6.45, 7) is 2.12. The largest absolute Gasteiger partial charge is 0.383 e. The fourth-order valence-corrected chi connectivity index (χ4v) is 2.61. The van der Waals surface area contributed by atoms with Crippen LogP contribution in [0.25, 0.3) is 0 Å². The summed E-state index contributed by atoms with van der Waals surface area (Å²) in [5.74, 6) is -0.504. The summed E-state index contributed by atoms with van der Waals surface area (Å²) in [4.78, 5) is 24.1. The molecule has 0 aliphatic rings. The maximum atomic E-state index is 12.5. The molecule has 8 nitrogen and oxygen atoms in total. The van der Waals surface area contributed by atoms with Crippen LogP contribution in [0.4, 0.5) is 5.69 Å². The van der Waals surface area contributed by atoms with E-state index >= 15 is 0 Å². The van der Waals surface area contributed by atoms with Gasteiger partial charge < -0.3 is 10.1 Å².